The molecule has 1 aromatic rings. The van der Waals surface area contributed by atoms with Gasteiger partial charge in [-0.2, -0.15) is 11.8 Å². The molecule has 3 atom stereocenters. The van der Waals surface area contributed by atoms with Gasteiger partial charge >= 0.3 is 5.97 Å². The van der Waals surface area contributed by atoms with Crippen molar-refractivity contribution < 1.29 is 14.7 Å². The highest BCUT2D eigenvalue weighted by molar-refractivity contribution is 7.99. The Morgan fingerprint density at radius 2 is 2.00 bits per heavy atom. The average Bonchev–Trinajstić information content (AvgIpc) is 2.93. The lowest BCUT2D eigenvalue weighted by atomic mass is 9.89. The van der Waals surface area contributed by atoms with Gasteiger partial charge in [0, 0.05) is 35.7 Å². The molecular weight excluding hydrogens is 322 g/mol. The molecule has 0 saturated carbocycles. The Bertz CT molecular complexity index is 549. The minimum atomic E-state index is -0.854. The van der Waals surface area contributed by atoms with E-state index in [0.29, 0.717) is 18.0 Å². The van der Waals surface area contributed by atoms with Crippen LogP contribution in [0.1, 0.15) is 24.8 Å². The predicted molar refractivity (Wildman–Crippen MR) is 89.5 cm³/mol. The molecule has 0 aliphatic carbocycles. The van der Waals surface area contributed by atoms with E-state index in [1.54, 1.807) is 28.8 Å². The van der Waals surface area contributed by atoms with E-state index in [1.807, 2.05) is 25.3 Å². The third kappa shape index (κ3) is 3.96. The third-order valence-electron chi connectivity index (χ3n) is 4.15. The molecule has 1 N–H and O–H groups in total. The van der Waals surface area contributed by atoms with Crippen LogP contribution in [0.4, 0.5) is 0 Å². The molecule has 6 heteroatoms. The van der Waals surface area contributed by atoms with Crippen molar-refractivity contribution >= 4 is 35.2 Å². The summed E-state index contributed by atoms with van der Waals surface area (Å²) in [6.07, 6.45) is 2.42. The molecule has 4 nitrogen and oxygen atoms in total. The van der Waals surface area contributed by atoms with Gasteiger partial charge in [-0.25, -0.2) is 0 Å². The topological polar surface area (TPSA) is 57.6 Å². The molecule has 1 heterocycles. The van der Waals surface area contributed by atoms with Crippen LogP contribution in [-0.2, 0) is 9.59 Å². The van der Waals surface area contributed by atoms with Crippen molar-refractivity contribution in [1.82, 2.24) is 4.90 Å². The number of carbonyl (C=O) groups excluding carboxylic acids is 1. The first-order chi connectivity index (χ1) is 10.4. The molecule has 0 spiro atoms. The minimum absolute atomic E-state index is 0.0320. The molecule has 1 aromatic carbocycles. The Hall–Kier alpha value is -1.20. The van der Waals surface area contributed by atoms with E-state index in [2.05, 4.69) is 0 Å². The minimum Gasteiger partial charge on any atom is -0.481 e. The number of halogens is 1. The monoisotopic (exact) mass is 341 g/mol. The predicted octanol–water partition coefficient (Wildman–Crippen LogP) is 3.11. The maximum Gasteiger partial charge on any atom is 0.308 e. The summed E-state index contributed by atoms with van der Waals surface area (Å²) in [7, 11) is 0. The number of hydrogen-bond acceptors (Lipinski definition) is 3. The first-order valence-electron chi connectivity index (χ1n) is 7.21. The van der Waals surface area contributed by atoms with Gasteiger partial charge in [0.1, 0.15) is 0 Å². The van der Waals surface area contributed by atoms with Crippen LogP contribution in [0.3, 0.4) is 0 Å². The summed E-state index contributed by atoms with van der Waals surface area (Å²) >= 11 is 7.53. The van der Waals surface area contributed by atoms with E-state index in [1.165, 1.54) is 0 Å². The van der Waals surface area contributed by atoms with Crippen LogP contribution in [0, 0.1) is 5.92 Å². The van der Waals surface area contributed by atoms with E-state index in [0.717, 1.165) is 5.56 Å². The number of carbonyl (C=O) groups is 2. The zero-order valence-electron chi connectivity index (χ0n) is 12.7. The fourth-order valence-electron chi connectivity index (χ4n) is 2.76. The van der Waals surface area contributed by atoms with Crippen LogP contribution in [0.5, 0.6) is 0 Å². The van der Waals surface area contributed by atoms with Gasteiger partial charge < -0.3 is 10.0 Å². The maximum absolute atomic E-state index is 12.3. The summed E-state index contributed by atoms with van der Waals surface area (Å²) in [6, 6.07) is 7.22. The van der Waals surface area contributed by atoms with Crippen molar-refractivity contribution in [3.05, 3.63) is 34.9 Å². The summed E-state index contributed by atoms with van der Waals surface area (Å²) in [5, 5.41) is 10.3. The molecule has 1 fully saturated rings. The zero-order chi connectivity index (χ0) is 16.3. The number of carboxylic acids is 1. The second-order valence-electron chi connectivity index (χ2n) is 5.65. The molecule has 1 unspecified atom stereocenters. The lowest BCUT2D eigenvalue weighted by molar-refractivity contribution is -0.141. The Morgan fingerprint density at radius 3 is 2.55 bits per heavy atom. The number of thioether (sulfide) groups is 1. The highest BCUT2D eigenvalue weighted by atomic mass is 35.5. The molecule has 1 aliphatic heterocycles. The standard InChI is InChI=1S/C16H20ClNO3S/c1-10(22-2)7-15(19)18-8-13(14(9-18)16(20)21)11-3-5-12(17)6-4-11/h3-6,10,13-14H,7-9H2,1-2H3,(H,20,21)/t10?,13-,14+/m0/s1. The second-order valence-corrected chi connectivity index (χ2v) is 7.36. The van der Waals surface area contributed by atoms with Crippen LogP contribution in [0.25, 0.3) is 0 Å². The quantitative estimate of drug-likeness (QED) is 0.894. The smallest absolute Gasteiger partial charge is 0.308 e. The highest BCUT2D eigenvalue weighted by Gasteiger charge is 2.40. The van der Waals surface area contributed by atoms with Crippen molar-refractivity contribution in [3.63, 3.8) is 0 Å². The van der Waals surface area contributed by atoms with Gasteiger partial charge in [0.05, 0.1) is 5.92 Å². The molecule has 0 bridgehead atoms. The molecule has 1 saturated heterocycles. The van der Waals surface area contributed by atoms with Gasteiger partial charge in [0.2, 0.25) is 5.91 Å². The Kier molecular flexibility index (Phi) is 5.75. The van der Waals surface area contributed by atoms with Crippen molar-refractivity contribution in [2.45, 2.75) is 24.5 Å². The number of hydrogen-bond donors (Lipinski definition) is 1. The normalized spacial score (nSPS) is 22.6. The van der Waals surface area contributed by atoms with Crippen molar-refractivity contribution in [2.24, 2.45) is 5.92 Å². The SMILES string of the molecule is CSC(C)CC(=O)N1C[C@@H](C(=O)O)[C@H](c2ccc(Cl)cc2)C1. The molecule has 0 aromatic heterocycles. The first-order valence-corrected chi connectivity index (χ1v) is 8.87. The number of rotatable bonds is 5. The molecule has 22 heavy (non-hydrogen) atoms. The summed E-state index contributed by atoms with van der Waals surface area (Å²) in [6.45, 7) is 2.74. The molecule has 1 amide bonds. The van der Waals surface area contributed by atoms with Crippen LogP contribution in [0.15, 0.2) is 24.3 Å². The van der Waals surface area contributed by atoms with Gasteiger partial charge in [0.15, 0.2) is 0 Å². The van der Waals surface area contributed by atoms with Crippen LogP contribution in [-0.4, -0.2) is 46.5 Å². The average molecular weight is 342 g/mol. The number of likely N-dealkylation sites (tertiary alicyclic amines) is 1. The Labute approximate surface area is 139 Å². The molecule has 120 valence electrons. The van der Waals surface area contributed by atoms with Gasteiger partial charge in [-0.05, 0) is 24.0 Å². The van der Waals surface area contributed by atoms with Gasteiger partial charge in [-0.1, -0.05) is 30.7 Å². The molecule has 1 aliphatic rings. The van der Waals surface area contributed by atoms with E-state index < -0.39 is 11.9 Å². The van der Waals surface area contributed by atoms with Crippen molar-refractivity contribution in [3.8, 4) is 0 Å². The molecule has 0 radical (unpaired) electrons. The van der Waals surface area contributed by atoms with Crippen molar-refractivity contribution in [1.29, 1.82) is 0 Å². The highest BCUT2D eigenvalue weighted by Crippen LogP contribution is 2.34. The largest absolute Gasteiger partial charge is 0.481 e. The maximum atomic E-state index is 12.3. The van der Waals surface area contributed by atoms with E-state index in [9.17, 15) is 14.7 Å². The lowest BCUT2D eigenvalue weighted by Gasteiger charge is -2.18. The van der Waals surface area contributed by atoms with E-state index in [-0.39, 0.29) is 23.6 Å². The number of benzene rings is 1. The molecular formula is C16H20ClNO3S. The Morgan fingerprint density at radius 1 is 1.36 bits per heavy atom. The fraction of sp³-hybridized carbons (Fsp3) is 0.500. The zero-order valence-corrected chi connectivity index (χ0v) is 14.2. The van der Waals surface area contributed by atoms with Crippen LogP contribution >= 0.6 is 23.4 Å². The van der Waals surface area contributed by atoms with E-state index >= 15 is 0 Å². The fourth-order valence-corrected chi connectivity index (χ4v) is 3.20. The van der Waals surface area contributed by atoms with Crippen LogP contribution in [0.2, 0.25) is 5.02 Å². The number of nitrogens with zero attached hydrogens (tertiary/aromatic N) is 1. The van der Waals surface area contributed by atoms with Crippen LogP contribution < -0.4 is 0 Å². The third-order valence-corrected chi connectivity index (χ3v) is 5.38. The van der Waals surface area contributed by atoms with E-state index in [4.69, 9.17) is 11.6 Å². The first kappa shape index (κ1) is 17.2. The number of carboxylic acid groups (broad SMARTS) is 1. The Balaban J connectivity index is 2.14. The van der Waals surface area contributed by atoms with Gasteiger partial charge in [0.25, 0.3) is 0 Å². The summed E-state index contributed by atoms with van der Waals surface area (Å²) in [5.41, 5.74) is 0.921. The summed E-state index contributed by atoms with van der Waals surface area (Å²) in [5.74, 6) is -1.56. The summed E-state index contributed by atoms with van der Waals surface area (Å²) < 4.78 is 0. The summed E-state index contributed by atoms with van der Waals surface area (Å²) in [4.78, 5) is 25.5. The second kappa shape index (κ2) is 7.38. The van der Waals surface area contributed by atoms with Gasteiger partial charge in [-0.15, -0.1) is 0 Å². The van der Waals surface area contributed by atoms with Crippen molar-refractivity contribution in [2.75, 3.05) is 19.3 Å². The van der Waals surface area contributed by atoms with Gasteiger partial charge in [-0.3, -0.25) is 9.59 Å². The lowest BCUT2D eigenvalue weighted by Crippen LogP contribution is -2.31. The molecule has 2 rings (SSSR count). The number of aliphatic carboxylic acids is 1. The number of amides is 1.